The first-order valence-corrected chi connectivity index (χ1v) is 6.60. The van der Waals surface area contributed by atoms with Crippen molar-refractivity contribution in [1.82, 2.24) is 0 Å². The van der Waals surface area contributed by atoms with E-state index in [1.54, 1.807) is 0 Å². The molecule has 1 aliphatic carbocycles. The van der Waals surface area contributed by atoms with Crippen molar-refractivity contribution in [2.24, 2.45) is 0 Å². The van der Waals surface area contributed by atoms with Crippen LogP contribution in [0.15, 0.2) is 54.6 Å². The molecule has 0 heterocycles. The smallest absolute Gasteiger partial charge is 0.170 e. The normalized spacial score (nSPS) is 16.3. The number of fused-ring (bicyclic) bond motifs is 1. The van der Waals surface area contributed by atoms with Crippen LogP contribution < -0.4 is 4.74 Å². The van der Waals surface area contributed by atoms with Crippen LogP contribution in [-0.2, 0) is 11.2 Å². The van der Waals surface area contributed by atoms with Gasteiger partial charge in [-0.05, 0) is 35.6 Å². The van der Waals surface area contributed by atoms with Crippen molar-refractivity contribution in [2.45, 2.75) is 18.8 Å². The Hall–Kier alpha value is -2.09. The zero-order valence-electron chi connectivity index (χ0n) is 10.7. The van der Waals surface area contributed by atoms with Crippen LogP contribution in [0.5, 0.6) is 5.75 Å². The summed E-state index contributed by atoms with van der Waals surface area (Å²) in [7, 11) is 0. The molecule has 0 saturated heterocycles. The van der Waals surface area contributed by atoms with Gasteiger partial charge in [-0.15, -0.1) is 0 Å². The fraction of sp³-hybridized carbons (Fsp3) is 0.235. The SMILES string of the molecule is O=C(COc1ccccc1)CC1Cc2ccccc21. The van der Waals surface area contributed by atoms with Gasteiger partial charge in [0.1, 0.15) is 12.4 Å². The van der Waals surface area contributed by atoms with Gasteiger partial charge >= 0.3 is 0 Å². The van der Waals surface area contributed by atoms with Gasteiger partial charge in [-0.2, -0.15) is 0 Å². The Morgan fingerprint density at radius 3 is 2.58 bits per heavy atom. The molecule has 0 aliphatic heterocycles. The van der Waals surface area contributed by atoms with E-state index in [1.165, 1.54) is 11.1 Å². The summed E-state index contributed by atoms with van der Waals surface area (Å²) in [4.78, 5) is 11.9. The van der Waals surface area contributed by atoms with Crippen LogP contribution in [-0.4, -0.2) is 12.4 Å². The van der Waals surface area contributed by atoms with Crippen LogP contribution in [0.1, 0.15) is 23.5 Å². The fourth-order valence-corrected chi connectivity index (χ4v) is 2.56. The van der Waals surface area contributed by atoms with Crippen molar-refractivity contribution in [3.63, 3.8) is 0 Å². The van der Waals surface area contributed by atoms with Gasteiger partial charge < -0.3 is 4.74 Å². The second-order valence-corrected chi connectivity index (χ2v) is 4.94. The molecule has 2 aromatic rings. The summed E-state index contributed by atoms with van der Waals surface area (Å²) < 4.78 is 5.48. The lowest BCUT2D eigenvalue weighted by Crippen LogP contribution is -2.22. The van der Waals surface area contributed by atoms with E-state index in [0.717, 1.165) is 12.2 Å². The highest BCUT2D eigenvalue weighted by molar-refractivity contribution is 5.81. The van der Waals surface area contributed by atoms with Gasteiger partial charge in [0.05, 0.1) is 0 Å². The van der Waals surface area contributed by atoms with Crippen LogP contribution >= 0.6 is 0 Å². The van der Waals surface area contributed by atoms with Gasteiger partial charge in [-0.25, -0.2) is 0 Å². The molecule has 0 spiro atoms. The minimum atomic E-state index is 0.169. The van der Waals surface area contributed by atoms with Crippen molar-refractivity contribution in [1.29, 1.82) is 0 Å². The lowest BCUT2D eigenvalue weighted by Gasteiger charge is -2.29. The van der Waals surface area contributed by atoms with Crippen molar-refractivity contribution in [3.8, 4) is 5.75 Å². The predicted molar refractivity (Wildman–Crippen MR) is 74.4 cm³/mol. The molecule has 19 heavy (non-hydrogen) atoms. The highest BCUT2D eigenvalue weighted by Gasteiger charge is 2.27. The van der Waals surface area contributed by atoms with E-state index in [-0.39, 0.29) is 12.4 Å². The molecule has 2 nitrogen and oxygen atoms in total. The third-order valence-corrected chi connectivity index (χ3v) is 3.58. The molecule has 1 atom stereocenters. The zero-order chi connectivity index (χ0) is 13.1. The Morgan fingerprint density at radius 1 is 1.05 bits per heavy atom. The Kier molecular flexibility index (Phi) is 3.32. The molecule has 0 amide bonds. The standard InChI is InChI=1S/C17H16O2/c18-15(12-19-16-7-2-1-3-8-16)11-14-10-13-6-4-5-9-17(13)14/h1-9,14H,10-12H2. The number of rotatable bonds is 5. The lowest BCUT2D eigenvalue weighted by atomic mass is 9.75. The van der Waals surface area contributed by atoms with Gasteiger partial charge in [0.15, 0.2) is 5.78 Å². The average Bonchev–Trinajstić information content (AvgIpc) is 2.44. The summed E-state index contributed by atoms with van der Waals surface area (Å²) in [6, 6.07) is 17.8. The highest BCUT2D eigenvalue weighted by Crippen LogP contribution is 2.37. The first kappa shape index (κ1) is 12.0. The Morgan fingerprint density at radius 2 is 1.79 bits per heavy atom. The number of ketones is 1. The highest BCUT2D eigenvalue weighted by atomic mass is 16.5. The molecule has 96 valence electrons. The molecule has 0 radical (unpaired) electrons. The lowest BCUT2D eigenvalue weighted by molar-refractivity contribution is -0.121. The third kappa shape index (κ3) is 2.68. The number of hydrogen-bond donors (Lipinski definition) is 0. The van der Waals surface area contributed by atoms with Crippen LogP contribution in [0.25, 0.3) is 0 Å². The van der Waals surface area contributed by atoms with E-state index in [4.69, 9.17) is 4.74 Å². The molecule has 0 fully saturated rings. The summed E-state index contributed by atoms with van der Waals surface area (Å²) in [6.45, 7) is 0.169. The molecule has 1 aliphatic rings. The molecule has 0 N–H and O–H groups in total. The van der Waals surface area contributed by atoms with Crippen LogP contribution in [0.3, 0.4) is 0 Å². The van der Waals surface area contributed by atoms with E-state index < -0.39 is 0 Å². The molecular weight excluding hydrogens is 236 g/mol. The average molecular weight is 252 g/mol. The topological polar surface area (TPSA) is 26.3 Å². The molecule has 2 heteroatoms. The quantitative estimate of drug-likeness (QED) is 0.815. The maximum atomic E-state index is 11.9. The van der Waals surface area contributed by atoms with Crippen molar-refractivity contribution >= 4 is 5.78 Å². The Bertz CT molecular complexity index is 575. The number of carbonyl (C=O) groups is 1. The van der Waals surface area contributed by atoms with Crippen LogP contribution in [0.2, 0.25) is 0 Å². The predicted octanol–water partition coefficient (Wildman–Crippen LogP) is 3.36. The summed E-state index contributed by atoms with van der Waals surface area (Å²) in [6.07, 6.45) is 1.61. The zero-order valence-corrected chi connectivity index (χ0v) is 10.7. The summed E-state index contributed by atoms with van der Waals surface area (Å²) >= 11 is 0. The van der Waals surface area contributed by atoms with Crippen molar-refractivity contribution in [3.05, 3.63) is 65.7 Å². The van der Waals surface area contributed by atoms with E-state index in [2.05, 4.69) is 18.2 Å². The Labute approximate surface area is 113 Å². The summed E-state index contributed by atoms with van der Waals surface area (Å²) in [5, 5.41) is 0. The van der Waals surface area contributed by atoms with Crippen molar-refractivity contribution < 1.29 is 9.53 Å². The number of hydrogen-bond acceptors (Lipinski definition) is 2. The van der Waals surface area contributed by atoms with E-state index in [0.29, 0.717) is 12.3 Å². The van der Waals surface area contributed by atoms with Crippen molar-refractivity contribution in [2.75, 3.05) is 6.61 Å². The molecule has 0 saturated carbocycles. The first-order chi connectivity index (χ1) is 9.33. The Balaban J connectivity index is 1.51. The minimum absolute atomic E-state index is 0.169. The van der Waals surface area contributed by atoms with E-state index in [9.17, 15) is 4.79 Å². The summed E-state index contributed by atoms with van der Waals surface area (Å²) in [5.41, 5.74) is 2.71. The van der Waals surface area contributed by atoms with Gasteiger partial charge in [-0.3, -0.25) is 4.79 Å². The molecule has 0 bridgehead atoms. The van der Waals surface area contributed by atoms with Gasteiger partial charge in [-0.1, -0.05) is 42.5 Å². The number of para-hydroxylation sites is 1. The second kappa shape index (κ2) is 5.27. The first-order valence-electron chi connectivity index (χ1n) is 6.60. The second-order valence-electron chi connectivity index (χ2n) is 4.94. The number of ether oxygens (including phenoxy) is 1. The van der Waals surface area contributed by atoms with Crippen LogP contribution in [0, 0.1) is 0 Å². The number of Topliss-reactive ketones (excluding diaryl/α,β-unsaturated/α-hetero) is 1. The van der Waals surface area contributed by atoms with E-state index >= 15 is 0 Å². The summed E-state index contributed by atoms with van der Waals surface area (Å²) in [5.74, 6) is 1.32. The number of carbonyl (C=O) groups excluding carboxylic acids is 1. The third-order valence-electron chi connectivity index (χ3n) is 3.58. The minimum Gasteiger partial charge on any atom is -0.486 e. The van der Waals surface area contributed by atoms with Gasteiger partial charge in [0.2, 0.25) is 0 Å². The molecule has 0 aromatic heterocycles. The molecule has 2 aromatic carbocycles. The van der Waals surface area contributed by atoms with E-state index in [1.807, 2.05) is 36.4 Å². The maximum absolute atomic E-state index is 11.9. The van der Waals surface area contributed by atoms with Crippen LogP contribution in [0.4, 0.5) is 0 Å². The molecule has 1 unspecified atom stereocenters. The molecule has 3 rings (SSSR count). The number of benzene rings is 2. The maximum Gasteiger partial charge on any atom is 0.170 e. The van der Waals surface area contributed by atoms with Gasteiger partial charge in [0.25, 0.3) is 0 Å². The fourth-order valence-electron chi connectivity index (χ4n) is 2.56. The monoisotopic (exact) mass is 252 g/mol. The molecular formula is C17H16O2. The van der Waals surface area contributed by atoms with Gasteiger partial charge in [0, 0.05) is 6.42 Å². The largest absolute Gasteiger partial charge is 0.486 e.